The summed E-state index contributed by atoms with van der Waals surface area (Å²) >= 11 is 0. The van der Waals surface area contributed by atoms with E-state index < -0.39 is 0 Å². The third-order valence-corrected chi connectivity index (χ3v) is 5.60. The molecule has 0 spiro atoms. The highest BCUT2D eigenvalue weighted by atomic mass is 16.1. The maximum absolute atomic E-state index is 12.7. The molecule has 0 unspecified atom stereocenters. The fraction of sp³-hybridized carbons (Fsp3) is 0.364. The van der Waals surface area contributed by atoms with Crippen LogP contribution < -0.4 is 10.2 Å². The van der Waals surface area contributed by atoms with Gasteiger partial charge in [-0.3, -0.25) is 14.8 Å². The number of nitrogens with zero attached hydrogens (tertiary/aromatic N) is 4. The lowest BCUT2D eigenvalue weighted by Gasteiger charge is -2.40. The first-order chi connectivity index (χ1) is 13.6. The van der Waals surface area contributed by atoms with Crippen LogP contribution in [0, 0.1) is 13.8 Å². The number of hydrogen-bond acceptors (Lipinski definition) is 5. The van der Waals surface area contributed by atoms with E-state index in [4.69, 9.17) is 0 Å². The van der Waals surface area contributed by atoms with Crippen LogP contribution in [0.25, 0.3) is 10.9 Å². The van der Waals surface area contributed by atoms with Crippen molar-refractivity contribution < 1.29 is 4.79 Å². The molecule has 0 bridgehead atoms. The molecule has 1 amide bonds. The third kappa shape index (κ3) is 3.19. The van der Waals surface area contributed by atoms with E-state index in [1.165, 1.54) is 12.8 Å². The lowest BCUT2D eigenvalue weighted by molar-refractivity contribution is 0.0930. The smallest absolute Gasteiger partial charge is 0.251 e. The average molecular weight is 373 g/mol. The van der Waals surface area contributed by atoms with Crippen molar-refractivity contribution in [3.05, 3.63) is 59.2 Å². The second kappa shape index (κ2) is 6.55. The summed E-state index contributed by atoms with van der Waals surface area (Å²) in [4.78, 5) is 28.4. The van der Waals surface area contributed by atoms with E-state index in [9.17, 15) is 4.79 Å². The highest BCUT2D eigenvalue weighted by molar-refractivity contribution is 5.98. The molecule has 0 radical (unpaired) electrons. The van der Waals surface area contributed by atoms with E-state index in [1.807, 2.05) is 43.6 Å². The molecule has 0 atom stereocenters. The van der Waals surface area contributed by atoms with Crippen molar-refractivity contribution in [1.29, 1.82) is 0 Å². The van der Waals surface area contributed by atoms with E-state index in [1.54, 1.807) is 0 Å². The number of carbonyl (C=O) groups is 1. The van der Waals surface area contributed by atoms with Gasteiger partial charge in [0.25, 0.3) is 5.91 Å². The van der Waals surface area contributed by atoms with Gasteiger partial charge in [-0.2, -0.15) is 0 Å². The van der Waals surface area contributed by atoms with Crippen molar-refractivity contribution in [2.75, 3.05) is 18.0 Å². The van der Waals surface area contributed by atoms with Crippen molar-refractivity contribution >= 4 is 22.6 Å². The number of aryl methyl sites for hydroxylation is 2. The van der Waals surface area contributed by atoms with Gasteiger partial charge in [-0.25, -0.2) is 4.98 Å². The molecule has 3 aromatic rings. The van der Waals surface area contributed by atoms with Gasteiger partial charge in [0.1, 0.15) is 5.82 Å². The Balaban J connectivity index is 1.22. The second-order valence-corrected chi connectivity index (χ2v) is 7.96. The zero-order valence-electron chi connectivity index (χ0n) is 16.1. The van der Waals surface area contributed by atoms with E-state index >= 15 is 0 Å². The number of hydrogen-bond donors (Lipinski definition) is 1. The first kappa shape index (κ1) is 17.1. The van der Waals surface area contributed by atoms with Gasteiger partial charge in [0, 0.05) is 35.7 Å². The molecular weight excluding hydrogens is 350 g/mol. The Labute approximate surface area is 164 Å². The molecule has 1 N–H and O–H groups in total. The van der Waals surface area contributed by atoms with Gasteiger partial charge in [-0.1, -0.05) is 0 Å². The van der Waals surface area contributed by atoms with Crippen LogP contribution in [0.5, 0.6) is 0 Å². The number of pyridine rings is 1. The molecule has 1 aliphatic carbocycles. The van der Waals surface area contributed by atoms with Crippen molar-refractivity contribution in [2.24, 2.45) is 0 Å². The number of fused-ring (bicyclic) bond motifs is 1. The Morgan fingerprint density at radius 2 is 1.93 bits per heavy atom. The largest absolute Gasteiger partial charge is 0.351 e. The lowest BCUT2D eigenvalue weighted by atomic mass is 10.0. The molecule has 28 heavy (non-hydrogen) atoms. The SMILES string of the molecule is Cc1cc(C)c2cc(C(=O)NC3CN(c4cnc(C5CC5)cn4)C3)ccc2n1. The molecule has 2 aliphatic rings. The summed E-state index contributed by atoms with van der Waals surface area (Å²) in [7, 11) is 0. The Bertz CT molecular complexity index is 1050. The van der Waals surface area contributed by atoms with Gasteiger partial charge >= 0.3 is 0 Å². The minimum absolute atomic E-state index is 0.0401. The van der Waals surface area contributed by atoms with Crippen molar-refractivity contribution in [3.8, 4) is 0 Å². The average Bonchev–Trinajstić information content (AvgIpc) is 3.49. The van der Waals surface area contributed by atoms with Gasteiger partial charge in [-0.15, -0.1) is 0 Å². The number of anilines is 1. The number of carbonyl (C=O) groups excluding carboxylic acids is 1. The monoisotopic (exact) mass is 373 g/mol. The molecule has 1 aromatic carbocycles. The van der Waals surface area contributed by atoms with Gasteiger partial charge in [-0.05, 0) is 56.5 Å². The number of nitrogens with one attached hydrogen (secondary N) is 1. The van der Waals surface area contributed by atoms with Crippen LogP contribution in [0.15, 0.2) is 36.7 Å². The molecule has 1 aliphatic heterocycles. The molecule has 2 aromatic heterocycles. The van der Waals surface area contributed by atoms with Crippen LogP contribution in [-0.4, -0.2) is 40.0 Å². The van der Waals surface area contributed by atoms with Crippen LogP contribution in [0.3, 0.4) is 0 Å². The first-order valence-corrected chi connectivity index (χ1v) is 9.82. The second-order valence-electron chi connectivity index (χ2n) is 7.96. The van der Waals surface area contributed by atoms with E-state index in [2.05, 4.69) is 32.1 Å². The zero-order valence-corrected chi connectivity index (χ0v) is 16.1. The molecule has 3 heterocycles. The van der Waals surface area contributed by atoms with Gasteiger partial charge in [0.15, 0.2) is 0 Å². The van der Waals surface area contributed by atoms with Crippen LogP contribution in [-0.2, 0) is 0 Å². The van der Waals surface area contributed by atoms with E-state index in [0.29, 0.717) is 11.5 Å². The molecule has 142 valence electrons. The fourth-order valence-electron chi connectivity index (χ4n) is 3.81. The third-order valence-electron chi connectivity index (χ3n) is 5.60. The highest BCUT2D eigenvalue weighted by Crippen LogP contribution is 2.38. The molecule has 6 heteroatoms. The topological polar surface area (TPSA) is 71.0 Å². The van der Waals surface area contributed by atoms with Crippen LogP contribution in [0.2, 0.25) is 0 Å². The highest BCUT2D eigenvalue weighted by Gasteiger charge is 2.30. The van der Waals surface area contributed by atoms with Crippen molar-refractivity contribution in [2.45, 2.75) is 38.6 Å². The predicted octanol–water partition coefficient (Wildman–Crippen LogP) is 3.14. The maximum Gasteiger partial charge on any atom is 0.251 e. The summed E-state index contributed by atoms with van der Waals surface area (Å²) in [5.41, 5.74) is 4.83. The maximum atomic E-state index is 12.7. The summed E-state index contributed by atoms with van der Waals surface area (Å²) in [6.45, 7) is 5.56. The standard InChI is InChI=1S/C22H23N5O/c1-13-7-14(2)25-19-6-5-16(8-18(13)19)22(28)26-17-11-27(12-17)21-10-23-20(9-24-21)15-3-4-15/h5-10,15,17H,3-4,11-12H2,1-2H3,(H,26,28). The normalized spacial score (nSPS) is 16.9. The molecule has 2 fully saturated rings. The van der Waals surface area contributed by atoms with Gasteiger partial charge in [0.05, 0.1) is 29.6 Å². The minimum atomic E-state index is -0.0401. The Kier molecular flexibility index (Phi) is 4.00. The van der Waals surface area contributed by atoms with Gasteiger partial charge < -0.3 is 10.2 Å². The summed E-state index contributed by atoms with van der Waals surface area (Å²) in [5, 5.41) is 4.15. The number of amides is 1. The summed E-state index contributed by atoms with van der Waals surface area (Å²) < 4.78 is 0. The number of aromatic nitrogens is 3. The first-order valence-electron chi connectivity index (χ1n) is 9.82. The molecule has 5 rings (SSSR count). The molecule has 1 saturated carbocycles. The summed E-state index contributed by atoms with van der Waals surface area (Å²) in [5.74, 6) is 1.47. The Morgan fingerprint density at radius 3 is 2.64 bits per heavy atom. The fourth-order valence-corrected chi connectivity index (χ4v) is 3.81. The number of benzene rings is 1. The molecule has 1 saturated heterocycles. The predicted molar refractivity (Wildman–Crippen MR) is 109 cm³/mol. The van der Waals surface area contributed by atoms with E-state index in [-0.39, 0.29) is 11.9 Å². The quantitative estimate of drug-likeness (QED) is 0.761. The number of rotatable bonds is 4. The molecule has 6 nitrogen and oxygen atoms in total. The van der Waals surface area contributed by atoms with Crippen molar-refractivity contribution in [3.63, 3.8) is 0 Å². The van der Waals surface area contributed by atoms with Crippen LogP contribution >= 0.6 is 0 Å². The van der Waals surface area contributed by atoms with E-state index in [0.717, 1.165) is 46.8 Å². The van der Waals surface area contributed by atoms with Gasteiger partial charge in [0.2, 0.25) is 0 Å². The van der Waals surface area contributed by atoms with Crippen molar-refractivity contribution in [1.82, 2.24) is 20.3 Å². The lowest BCUT2D eigenvalue weighted by Crippen LogP contribution is -2.59. The van der Waals surface area contributed by atoms with Crippen LogP contribution in [0.1, 0.15) is 46.1 Å². The molecular formula is C22H23N5O. The zero-order chi connectivity index (χ0) is 19.3. The summed E-state index contributed by atoms with van der Waals surface area (Å²) in [6.07, 6.45) is 6.21. The Morgan fingerprint density at radius 1 is 1.11 bits per heavy atom. The Hall–Kier alpha value is -3.02. The minimum Gasteiger partial charge on any atom is -0.351 e. The summed E-state index contributed by atoms with van der Waals surface area (Å²) in [6, 6.07) is 7.88. The van der Waals surface area contributed by atoms with Crippen LogP contribution in [0.4, 0.5) is 5.82 Å².